The second-order valence-corrected chi connectivity index (χ2v) is 2.97. The quantitative estimate of drug-likeness (QED) is 0.589. The molecule has 0 aromatic rings. The van der Waals surface area contributed by atoms with Crippen molar-refractivity contribution in [3.8, 4) is 0 Å². The summed E-state index contributed by atoms with van der Waals surface area (Å²) in [5.41, 5.74) is 0. The van der Waals surface area contributed by atoms with E-state index in [1.54, 1.807) is 0 Å². The maximum absolute atomic E-state index is 3.37. The molecule has 0 aromatic carbocycles. The van der Waals surface area contributed by atoms with Gasteiger partial charge >= 0.3 is 0 Å². The fourth-order valence-electron chi connectivity index (χ4n) is 1.37. The topological polar surface area (TPSA) is 12.0 Å². The van der Waals surface area contributed by atoms with Crippen LogP contribution in [0.2, 0.25) is 0 Å². The van der Waals surface area contributed by atoms with Crippen LogP contribution in [0.3, 0.4) is 0 Å². The molecule has 1 aliphatic heterocycles. The van der Waals surface area contributed by atoms with Gasteiger partial charge in [-0.2, -0.15) is 0 Å². The van der Waals surface area contributed by atoms with Gasteiger partial charge in [-0.3, -0.25) is 0 Å². The molecular weight excluding hydrogens is 122 g/mol. The lowest BCUT2D eigenvalue weighted by Gasteiger charge is -2.01. The molecule has 10 heavy (non-hydrogen) atoms. The first-order chi connectivity index (χ1) is 4.93. The Morgan fingerprint density at radius 3 is 3.00 bits per heavy atom. The van der Waals surface area contributed by atoms with Gasteiger partial charge in [0.15, 0.2) is 0 Å². The Balaban J connectivity index is 2.06. The van der Waals surface area contributed by atoms with Gasteiger partial charge in [-0.15, -0.1) is 0 Å². The molecule has 0 spiro atoms. The van der Waals surface area contributed by atoms with E-state index in [1.807, 2.05) is 0 Å². The van der Waals surface area contributed by atoms with Crippen molar-refractivity contribution >= 4 is 0 Å². The normalized spacial score (nSPS) is 26.3. The second-order valence-electron chi connectivity index (χ2n) is 2.97. The third-order valence-corrected chi connectivity index (χ3v) is 2.03. The molecule has 0 bridgehead atoms. The van der Waals surface area contributed by atoms with Crippen LogP contribution in [0.4, 0.5) is 0 Å². The minimum Gasteiger partial charge on any atom is -0.316 e. The molecule has 1 rings (SSSR count). The smallest absolute Gasteiger partial charge is 0.00171 e. The predicted molar refractivity (Wildman–Crippen MR) is 45.0 cm³/mol. The van der Waals surface area contributed by atoms with Crippen molar-refractivity contribution in [1.82, 2.24) is 5.32 Å². The first kappa shape index (κ1) is 7.80. The van der Waals surface area contributed by atoms with Gasteiger partial charge in [0.05, 0.1) is 0 Å². The van der Waals surface area contributed by atoms with E-state index in [-0.39, 0.29) is 0 Å². The van der Waals surface area contributed by atoms with Crippen LogP contribution < -0.4 is 5.32 Å². The Hall–Kier alpha value is -0.300. The minimum atomic E-state index is 0.919. The van der Waals surface area contributed by atoms with Crippen molar-refractivity contribution in [3.63, 3.8) is 0 Å². The second kappa shape index (κ2) is 4.51. The van der Waals surface area contributed by atoms with Gasteiger partial charge in [-0.1, -0.05) is 19.1 Å². The molecule has 58 valence electrons. The molecule has 1 saturated heterocycles. The molecule has 1 heteroatoms. The number of hydrogen-bond acceptors (Lipinski definition) is 1. The van der Waals surface area contributed by atoms with Crippen molar-refractivity contribution in [1.29, 1.82) is 0 Å². The zero-order chi connectivity index (χ0) is 7.23. The van der Waals surface area contributed by atoms with Crippen LogP contribution in [0.25, 0.3) is 0 Å². The van der Waals surface area contributed by atoms with E-state index in [9.17, 15) is 0 Å². The summed E-state index contributed by atoms with van der Waals surface area (Å²) < 4.78 is 0. The van der Waals surface area contributed by atoms with E-state index in [0.717, 1.165) is 5.92 Å². The van der Waals surface area contributed by atoms with E-state index in [2.05, 4.69) is 24.4 Å². The van der Waals surface area contributed by atoms with E-state index in [1.165, 1.54) is 32.4 Å². The Morgan fingerprint density at radius 2 is 2.40 bits per heavy atom. The van der Waals surface area contributed by atoms with Crippen LogP contribution in [-0.2, 0) is 0 Å². The maximum Gasteiger partial charge on any atom is -0.00171 e. The first-order valence-electron chi connectivity index (χ1n) is 4.29. The van der Waals surface area contributed by atoms with Gasteiger partial charge in [0, 0.05) is 0 Å². The average Bonchev–Trinajstić information content (AvgIpc) is 2.41. The Bertz CT molecular complexity index is 101. The molecule has 0 radical (unpaired) electrons. The molecule has 0 aromatic heterocycles. The lowest BCUT2D eigenvalue weighted by atomic mass is 10.0. The number of nitrogens with one attached hydrogen (secondary N) is 1. The van der Waals surface area contributed by atoms with Crippen molar-refractivity contribution in [2.75, 3.05) is 13.1 Å². The van der Waals surface area contributed by atoms with Gasteiger partial charge in [-0.25, -0.2) is 0 Å². The molecule has 1 fully saturated rings. The summed E-state index contributed by atoms with van der Waals surface area (Å²) in [4.78, 5) is 0. The molecule has 1 heterocycles. The summed E-state index contributed by atoms with van der Waals surface area (Å²) in [7, 11) is 0. The third kappa shape index (κ3) is 2.53. The lowest BCUT2D eigenvalue weighted by Crippen LogP contribution is -2.08. The summed E-state index contributed by atoms with van der Waals surface area (Å²) in [5.74, 6) is 0.919. The highest BCUT2D eigenvalue weighted by Crippen LogP contribution is 2.12. The van der Waals surface area contributed by atoms with Gasteiger partial charge in [-0.05, 0) is 38.3 Å². The molecule has 0 amide bonds. The largest absolute Gasteiger partial charge is 0.316 e. The zero-order valence-corrected chi connectivity index (χ0v) is 6.77. The summed E-state index contributed by atoms with van der Waals surface area (Å²) in [6.07, 6.45) is 8.41. The molecule has 1 aliphatic rings. The predicted octanol–water partition coefficient (Wildman–Crippen LogP) is 1.95. The molecule has 1 nitrogen and oxygen atoms in total. The van der Waals surface area contributed by atoms with Crippen molar-refractivity contribution < 1.29 is 0 Å². The highest BCUT2D eigenvalue weighted by Gasteiger charge is 2.11. The fraction of sp³-hybridized carbons (Fsp3) is 0.778. The van der Waals surface area contributed by atoms with Crippen LogP contribution in [0.15, 0.2) is 12.2 Å². The molecule has 0 aliphatic carbocycles. The van der Waals surface area contributed by atoms with E-state index in [0.29, 0.717) is 0 Å². The molecule has 1 unspecified atom stereocenters. The summed E-state index contributed by atoms with van der Waals surface area (Å²) in [5, 5.41) is 3.37. The third-order valence-electron chi connectivity index (χ3n) is 2.03. The van der Waals surface area contributed by atoms with Gasteiger partial charge in [0.25, 0.3) is 0 Å². The zero-order valence-electron chi connectivity index (χ0n) is 6.77. The van der Waals surface area contributed by atoms with E-state index < -0.39 is 0 Å². The molecule has 0 saturated carbocycles. The van der Waals surface area contributed by atoms with Crippen LogP contribution in [-0.4, -0.2) is 13.1 Å². The fourth-order valence-corrected chi connectivity index (χ4v) is 1.37. The molecule has 1 atom stereocenters. The van der Waals surface area contributed by atoms with Gasteiger partial charge < -0.3 is 5.32 Å². The van der Waals surface area contributed by atoms with Crippen molar-refractivity contribution in [2.45, 2.75) is 26.2 Å². The van der Waals surface area contributed by atoms with Crippen LogP contribution in [0, 0.1) is 5.92 Å². The van der Waals surface area contributed by atoms with Crippen LogP contribution in [0.1, 0.15) is 26.2 Å². The van der Waals surface area contributed by atoms with Gasteiger partial charge in [0.1, 0.15) is 0 Å². The first-order valence-corrected chi connectivity index (χ1v) is 4.29. The monoisotopic (exact) mass is 139 g/mol. The van der Waals surface area contributed by atoms with Crippen molar-refractivity contribution in [3.05, 3.63) is 12.2 Å². The SMILES string of the molecule is CCC=CCC1CCNC1. The standard InChI is InChI=1S/C9H17N/c1-2-3-4-5-9-6-7-10-8-9/h3-4,9-10H,2,5-8H2,1H3. The van der Waals surface area contributed by atoms with Crippen molar-refractivity contribution in [2.24, 2.45) is 5.92 Å². The van der Waals surface area contributed by atoms with Gasteiger partial charge in [0.2, 0.25) is 0 Å². The Morgan fingerprint density at radius 1 is 1.50 bits per heavy atom. The summed E-state index contributed by atoms with van der Waals surface area (Å²) in [6.45, 7) is 4.64. The highest BCUT2D eigenvalue weighted by molar-refractivity contribution is 4.85. The van der Waals surface area contributed by atoms with Crippen LogP contribution >= 0.6 is 0 Å². The molecular formula is C9H17N. The summed E-state index contributed by atoms with van der Waals surface area (Å²) >= 11 is 0. The molecule has 1 N–H and O–H groups in total. The number of rotatable bonds is 3. The lowest BCUT2D eigenvalue weighted by molar-refractivity contribution is 0.592. The van der Waals surface area contributed by atoms with E-state index in [4.69, 9.17) is 0 Å². The minimum absolute atomic E-state index is 0.919. The Kier molecular flexibility index (Phi) is 3.52. The number of allylic oxidation sites excluding steroid dienone is 2. The summed E-state index contributed by atoms with van der Waals surface area (Å²) in [6, 6.07) is 0. The maximum atomic E-state index is 3.37. The average molecular weight is 139 g/mol. The van der Waals surface area contributed by atoms with E-state index >= 15 is 0 Å². The number of hydrogen-bond donors (Lipinski definition) is 1. The Labute approximate surface area is 63.5 Å². The highest BCUT2D eigenvalue weighted by atomic mass is 14.9. The van der Waals surface area contributed by atoms with Crippen LogP contribution in [0.5, 0.6) is 0 Å².